The Kier molecular flexibility index (Phi) is 5.51. The molecule has 0 spiro atoms. The second-order valence-electron chi connectivity index (χ2n) is 5.21. The standard InChI is InChI=1S/C16H18Br2N2S/c17-13-5-2-1-4-12(13)16(14-6-7-15(18)21-14)20-10-3-8-19-9-11-20/h1-2,4-7,16,19H,3,8-11H2. The van der Waals surface area contributed by atoms with Crippen molar-refractivity contribution in [3.8, 4) is 0 Å². The van der Waals surface area contributed by atoms with E-state index in [9.17, 15) is 0 Å². The molecule has 1 aromatic heterocycles. The van der Waals surface area contributed by atoms with Gasteiger partial charge in [-0.25, -0.2) is 0 Å². The van der Waals surface area contributed by atoms with Gasteiger partial charge < -0.3 is 5.32 Å². The molecule has 112 valence electrons. The number of rotatable bonds is 3. The molecule has 1 aliphatic heterocycles. The second-order valence-corrected chi connectivity index (χ2v) is 8.55. The van der Waals surface area contributed by atoms with Crippen molar-refractivity contribution in [1.29, 1.82) is 0 Å². The fourth-order valence-corrected chi connectivity index (χ4v) is 4.91. The third kappa shape index (κ3) is 3.77. The lowest BCUT2D eigenvalue weighted by Gasteiger charge is -2.30. The Labute approximate surface area is 146 Å². The van der Waals surface area contributed by atoms with E-state index in [1.165, 1.54) is 25.1 Å². The Morgan fingerprint density at radius 1 is 1.05 bits per heavy atom. The van der Waals surface area contributed by atoms with Crippen molar-refractivity contribution in [3.63, 3.8) is 0 Å². The van der Waals surface area contributed by atoms with E-state index in [0.717, 1.165) is 26.2 Å². The van der Waals surface area contributed by atoms with Crippen molar-refractivity contribution in [1.82, 2.24) is 10.2 Å². The van der Waals surface area contributed by atoms with Crippen LogP contribution >= 0.6 is 43.2 Å². The van der Waals surface area contributed by atoms with Crippen molar-refractivity contribution >= 4 is 43.2 Å². The Hall–Kier alpha value is -0.200. The summed E-state index contributed by atoms with van der Waals surface area (Å²) in [6.07, 6.45) is 1.20. The van der Waals surface area contributed by atoms with Crippen molar-refractivity contribution in [2.24, 2.45) is 0 Å². The summed E-state index contributed by atoms with van der Waals surface area (Å²) in [5.41, 5.74) is 1.36. The minimum absolute atomic E-state index is 0.330. The topological polar surface area (TPSA) is 15.3 Å². The molecule has 0 amide bonds. The molecule has 0 radical (unpaired) electrons. The number of hydrogen-bond donors (Lipinski definition) is 1. The predicted octanol–water partition coefficient (Wildman–Crippen LogP) is 4.66. The molecule has 1 aliphatic rings. The lowest BCUT2D eigenvalue weighted by atomic mass is 10.0. The third-order valence-corrected chi connectivity index (χ3v) is 6.20. The fourth-order valence-electron chi connectivity index (χ4n) is 2.83. The van der Waals surface area contributed by atoms with E-state index in [4.69, 9.17) is 0 Å². The molecule has 0 saturated carbocycles. The highest BCUT2D eigenvalue weighted by Gasteiger charge is 2.25. The van der Waals surface area contributed by atoms with Gasteiger partial charge in [0.05, 0.1) is 9.83 Å². The molecule has 2 aromatic rings. The average molecular weight is 430 g/mol. The van der Waals surface area contributed by atoms with E-state index in [0.29, 0.717) is 6.04 Å². The molecule has 3 rings (SSSR count). The zero-order valence-electron chi connectivity index (χ0n) is 11.7. The summed E-state index contributed by atoms with van der Waals surface area (Å²) >= 11 is 9.18. The van der Waals surface area contributed by atoms with Gasteiger partial charge in [0.1, 0.15) is 0 Å². The molecule has 2 nitrogen and oxygen atoms in total. The van der Waals surface area contributed by atoms with Gasteiger partial charge in [0.15, 0.2) is 0 Å². The third-order valence-electron chi connectivity index (χ3n) is 3.80. The minimum atomic E-state index is 0.330. The van der Waals surface area contributed by atoms with E-state index in [1.54, 1.807) is 0 Å². The predicted molar refractivity (Wildman–Crippen MR) is 97.1 cm³/mol. The smallest absolute Gasteiger partial charge is 0.0707 e. The molecular weight excluding hydrogens is 412 g/mol. The molecule has 2 heterocycles. The van der Waals surface area contributed by atoms with Crippen LogP contribution in [-0.2, 0) is 0 Å². The fraction of sp³-hybridized carbons (Fsp3) is 0.375. The average Bonchev–Trinajstić information content (AvgIpc) is 2.74. The van der Waals surface area contributed by atoms with Gasteiger partial charge in [0.25, 0.3) is 0 Å². The van der Waals surface area contributed by atoms with Crippen LogP contribution in [0.2, 0.25) is 0 Å². The van der Waals surface area contributed by atoms with Crippen LogP contribution in [0.5, 0.6) is 0 Å². The normalized spacial score (nSPS) is 18.4. The molecule has 1 atom stereocenters. The number of halogens is 2. The first-order valence-corrected chi connectivity index (χ1v) is 9.60. The van der Waals surface area contributed by atoms with Crippen molar-refractivity contribution < 1.29 is 0 Å². The van der Waals surface area contributed by atoms with Crippen LogP contribution in [0.4, 0.5) is 0 Å². The maximum Gasteiger partial charge on any atom is 0.0707 e. The summed E-state index contributed by atoms with van der Waals surface area (Å²) in [4.78, 5) is 3.99. The summed E-state index contributed by atoms with van der Waals surface area (Å²) in [6.45, 7) is 4.40. The van der Waals surface area contributed by atoms with Gasteiger partial charge in [-0.2, -0.15) is 0 Å². The Bertz CT molecular complexity index is 591. The molecular formula is C16H18Br2N2S. The van der Waals surface area contributed by atoms with Crippen molar-refractivity contribution in [3.05, 3.63) is 55.1 Å². The molecule has 0 bridgehead atoms. The zero-order chi connectivity index (χ0) is 14.7. The Morgan fingerprint density at radius 3 is 2.67 bits per heavy atom. The highest BCUT2D eigenvalue weighted by molar-refractivity contribution is 9.11. The summed E-state index contributed by atoms with van der Waals surface area (Å²) in [5.74, 6) is 0. The highest BCUT2D eigenvalue weighted by Crippen LogP contribution is 2.38. The van der Waals surface area contributed by atoms with Crippen LogP contribution in [0.3, 0.4) is 0 Å². The first-order chi connectivity index (χ1) is 10.3. The number of hydrogen-bond acceptors (Lipinski definition) is 3. The SMILES string of the molecule is Brc1ccc(C(c2ccccc2Br)N2CCCNCC2)s1. The zero-order valence-corrected chi connectivity index (χ0v) is 15.7. The number of benzene rings is 1. The second kappa shape index (κ2) is 7.38. The summed E-state index contributed by atoms with van der Waals surface area (Å²) in [7, 11) is 0. The van der Waals surface area contributed by atoms with Crippen LogP contribution < -0.4 is 5.32 Å². The van der Waals surface area contributed by atoms with Crippen LogP contribution in [-0.4, -0.2) is 31.1 Å². The van der Waals surface area contributed by atoms with Crippen LogP contribution in [0.15, 0.2) is 44.7 Å². The van der Waals surface area contributed by atoms with Crippen molar-refractivity contribution in [2.75, 3.05) is 26.2 Å². The first-order valence-electron chi connectivity index (χ1n) is 7.20. The Balaban J connectivity index is 2.00. The highest BCUT2D eigenvalue weighted by atomic mass is 79.9. The molecule has 5 heteroatoms. The van der Waals surface area contributed by atoms with Gasteiger partial charge >= 0.3 is 0 Å². The number of thiophene rings is 1. The van der Waals surface area contributed by atoms with Gasteiger partial charge in [0.2, 0.25) is 0 Å². The van der Waals surface area contributed by atoms with Crippen LogP contribution in [0.25, 0.3) is 0 Å². The lowest BCUT2D eigenvalue weighted by Crippen LogP contribution is -2.32. The quantitative estimate of drug-likeness (QED) is 0.763. The maximum absolute atomic E-state index is 3.74. The van der Waals surface area contributed by atoms with E-state index < -0.39 is 0 Å². The van der Waals surface area contributed by atoms with Crippen LogP contribution in [0.1, 0.15) is 22.9 Å². The van der Waals surface area contributed by atoms with E-state index in [1.807, 2.05) is 11.3 Å². The molecule has 1 saturated heterocycles. The molecule has 1 aromatic carbocycles. The first kappa shape index (κ1) is 15.7. The lowest BCUT2D eigenvalue weighted by molar-refractivity contribution is 0.243. The van der Waals surface area contributed by atoms with Gasteiger partial charge in [-0.3, -0.25) is 4.90 Å². The number of nitrogens with zero attached hydrogens (tertiary/aromatic N) is 1. The van der Waals surface area contributed by atoms with Gasteiger partial charge in [0, 0.05) is 29.0 Å². The van der Waals surface area contributed by atoms with E-state index in [2.05, 4.69) is 78.5 Å². The summed E-state index contributed by atoms with van der Waals surface area (Å²) in [5, 5.41) is 3.50. The van der Waals surface area contributed by atoms with Crippen molar-refractivity contribution in [2.45, 2.75) is 12.5 Å². The summed E-state index contributed by atoms with van der Waals surface area (Å²) in [6, 6.07) is 13.3. The van der Waals surface area contributed by atoms with Gasteiger partial charge in [-0.1, -0.05) is 34.1 Å². The Morgan fingerprint density at radius 2 is 1.90 bits per heavy atom. The molecule has 1 unspecified atom stereocenters. The van der Waals surface area contributed by atoms with Crippen LogP contribution in [0, 0.1) is 0 Å². The molecule has 21 heavy (non-hydrogen) atoms. The van der Waals surface area contributed by atoms with Gasteiger partial charge in [-0.05, 0) is 52.7 Å². The molecule has 1 N–H and O–H groups in total. The summed E-state index contributed by atoms with van der Waals surface area (Å²) < 4.78 is 2.39. The number of nitrogens with one attached hydrogen (secondary N) is 1. The van der Waals surface area contributed by atoms with E-state index >= 15 is 0 Å². The van der Waals surface area contributed by atoms with Gasteiger partial charge in [-0.15, -0.1) is 11.3 Å². The van der Waals surface area contributed by atoms with E-state index in [-0.39, 0.29) is 0 Å². The monoisotopic (exact) mass is 428 g/mol. The minimum Gasteiger partial charge on any atom is -0.315 e. The molecule has 1 fully saturated rings. The maximum atomic E-state index is 3.74. The molecule has 0 aliphatic carbocycles. The largest absolute Gasteiger partial charge is 0.315 e.